The van der Waals surface area contributed by atoms with Crippen LogP contribution in [0.4, 0.5) is 0 Å². The first kappa shape index (κ1) is 12.6. The molecule has 1 heterocycles. The molecule has 0 amide bonds. The standard InChI is InChI=1S/C15H24N2/c1-12-5-7-14(8-6-12)11-17-9-3-4-13(2)15(17)10-16/h5-8,13,15H,3-4,9-11,16H2,1-2H3. The third-order valence-electron chi connectivity index (χ3n) is 3.98. The van der Waals surface area contributed by atoms with E-state index >= 15 is 0 Å². The van der Waals surface area contributed by atoms with Crippen molar-refractivity contribution in [1.29, 1.82) is 0 Å². The summed E-state index contributed by atoms with van der Waals surface area (Å²) in [6.45, 7) is 7.49. The topological polar surface area (TPSA) is 29.3 Å². The molecule has 94 valence electrons. The Balaban J connectivity index is 2.03. The summed E-state index contributed by atoms with van der Waals surface area (Å²) in [5, 5.41) is 0. The average molecular weight is 232 g/mol. The molecule has 2 N–H and O–H groups in total. The van der Waals surface area contributed by atoms with Crippen LogP contribution in [0, 0.1) is 12.8 Å². The second kappa shape index (κ2) is 5.65. The van der Waals surface area contributed by atoms with Gasteiger partial charge in [0, 0.05) is 19.1 Å². The summed E-state index contributed by atoms with van der Waals surface area (Å²) in [7, 11) is 0. The Hall–Kier alpha value is -0.860. The minimum Gasteiger partial charge on any atom is -0.329 e. The monoisotopic (exact) mass is 232 g/mol. The molecule has 1 saturated heterocycles. The number of rotatable bonds is 3. The summed E-state index contributed by atoms with van der Waals surface area (Å²) in [5.74, 6) is 0.735. The lowest BCUT2D eigenvalue weighted by Gasteiger charge is -2.39. The van der Waals surface area contributed by atoms with Gasteiger partial charge in [0.05, 0.1) is 0 Å². The fourth-order valence-electron chi connectivity index (χ4n) is 2.84. The van der Waals surface area contributed by atoms with Crippen LogP contribution in [0.5, 0.6) is 0 Å². The Kier molecular flexibility index (Phi) is 4.19. The molecule has 1 aliphatic rings. The Morgan fingerprint density at radius 1 is 1.29 bits per heavy atom. The molecular weight excluding hydrogens is 208 g/mol. The Morgan fingerprint density at radius 2 is 2.00 bits per heavy atom. The largest absolute Gasteiger partial charge is 0.329 e. The van der Waals surface area contributed by atoms with E-state index in [-0.39, 0.29) is 0 Å². The van der Waals surface area contributed by atoms with E-state index in [0.29, 0.717) is 6.04 Å². The normalized spacial score (nSPS) is 26.1. The van der Waals surface area contributed by atoms with Crippen LogP contribution in [-0.2, 0) is 6.54 Å². The van der Waals surface area contributed by atoms with E-state index in [4.69, 9.17) is 5.73 Å². The average Bonchev–Trinajstić information content (AvgIpc) is 2.32. The number of hydrogen-bond donors (Lipinski definition) is 1. The number of aryl methyl sites for hydroxylation is 1. The highest BCUT2D eigenvalue weighted by Crippen LogP contribution is 2.24. The van der Waals surface area contributed by atoms with Crippen LogP contribution >= 0.6 is 0 Å². The third-order valence-corrected chi connectivity index (χ3v) is 3.98. The van der Waals surface area contributed by atoms with Crippen LogP contribution in [-0.4, -0.2) is 24.0 Å². The zero-order chi connectivity index (χ0) is 12.3. The van der Waals surface area contributed by atoms with Gasteiger partial charge >= 0.3 is 0 Å². The molecule has 0 aliphatic carbocycles. The number of hydrogen-bond acceptors (Lipinski definition) is 2. The molecule has 2 nitrogen and oxygen atoms in total. The molecule has 1 aliphatic heterocycles. The maximum Gasteiger partial charge on any atom is 0.0247 e. The van der Waals surface area contributed by atoms with Gasteiger partial charge in [-0.2, -0.15) is 0 Å². The minimum atomic E-state index is 0.560. The Labute approximate surface area is 105 Å². The van der Waals surface area contributed by atoms with Crippen LogP contribution in [0.15, 0.2) is 24.3 Å². The highest BCUT2D eigenvalue weighted by atomic mass is 15.2. The second-order valence-electron chi connectivity index (χ2n) is 5.38. The van der Waals surface area contributed by atoms with Gasteiger partial charge in [-0.05, 0) is 37.8 Å². The zero-order valence-electron chi connectivity index (χ0n) is 11.0. The maximum absolute atomic E-state index is 5.92. The maximum atomic E-state index is 5.92. The highest BCUT2D eigenvalue weighted by Gasteiger charge is 2.26. The van der Waals surface area contributed by atoms with Crippen LogP contribution in [0.1, 0.15) is 30.9 Å². The fraction of sp³-hybridized carbons (Fsp3) is 0.600. The first-order chi connectivity index (χ1) is 8.20. The molecule has 2 unspecified atom stereocenters. The molecule has 0 radical (unpaired) electrons. The predicted octanol–water partition coefficient (Wildman–Crippen LogP) is 2.55. The number of nitrogens with zero attached hydrogens (tertiary/aromatic N) is 1. The summed E-state index contributed by atoms with van der Waals surface area (Å²) in [5.41, 5.74) is 8.66. The second-order valence-corrected chi connectivity index (χ2v) is 5.38. The van der Waals surface area contributed by atoms with Gasteiger partial charge in [-0.3, -0.25) is 4.90 Å². The fourth-order valence-corrected chi connectivity index (χ4v) is 2.84. The smallest absolute Gasteiger partial charge is 0.0247 e. The van der Waals surface area contributed by atoms with Crippen LogP contribution in [0.3, 0.4) is 0 Å². The zero-order valence-corrected chi connectivity index (χ0v) is 11.0. The molecular formula is C15H24N2. The van der Waals surface area contributed by atoms with Gasteiger partial charge in [0.25, 0.3) is 0 Å². The molecule has 2 heteroatoms. The van der Waals surface area contributed by atoms with Gasteiger partial charge in [-0.25, -0.2) is 0 Å². The van der Waals surface area contributed by atoms with E-state index in [0.717, 1.165) is 19.0 Å². The van der Waals surface area contributed by atoms with Gasteiger partial charge in [0.1, 0.15) is 0 Å². The first-order valence-electron chi connectivity index (χ1n) is 6.70. The first-order valence-corrected chi connectivity index (χ1v) is 6.70. The Morgan fingerprint density at radius 3 is 2.65 bits per heavy atom. The summed E-state index contributed by atoms with van der Waals surface area (Å²) in [6, 6.07) is 9.43. The number of piperidine rings is 1. The lowest BCUT2D eigenvalue weighted by molar-refractivity contribution is 0.0991. The lowest BCUT2D eigenvalue weighted by atomic mass is 9.90. The van der Waals surface area contributed by atoms with Gasteiger partial charge in [-0.1, -0.05) is 36.8 Å². The molecule has 0 spiro atoms. The molecule has 2 rings (SSSR count). The molecule has 1 aromatic carbocycles. The van der Waals surface area contributed by atoms with Crippen LogP contribution in [0.2, 0.25) is 0 Å². The van der Waals surface area contributed by atoms with Crippen molar-refractivity contribution in [3.05, 3.63) is 35.4 Å². The molecule has 0 saturated carbocycles. The summed E-state index contributed by atoms with van der Waals surface area (Å²) >= 11 is 0. The van der Waals surface area contributed by atoms with E-state index in [1.807, 2.05) is 0 Å². The van der Waals surface area contributed by atoms with Crippen molar-refractivity contribution >= 4 is 0 Å². The van der Waals surface area contributed by atoms with Gasteiger partial charge in [-0.15, -0.1) is 0 Å². The molecule has 2 atom stereocenters. The number of nitrogens with two attached hydrogens (primary N) is 1. The van der Waals surface area contributed by atoms with Gasteiger partial charge < -0.3 is 5.73 Å². The molecule has 17 heavy (non-hydrogen) atoms. The lowest BCUT2D eigenvalue weighted by Crippen LogP contribution is -2.47. The van der Waals surface area contributed by atoms with Crippen molar-refractivity contribution in [2.45, 2.75) is 39.3 Å². The van der Waals surface area contributed by atoms with Crippen molar-refractivity contribution in [2.24, 2.45) is 11.7 Å². The molecule has 0 bridgehead atoms. The number of likely N-dealkylation sites (tertiary alicyclic amines) is 1. The SMILES string of the molecule is Cc1ccc(CN2CCCC(C)C2CN)cc1. The van der Waals surface area contributed by atoms with E-state index in [1.54, 1.807) is 0 Å². The van der Waals surface area contributed by atoms with Gasteiger partial charge in [0.2, 0.25) is 0 Å². The van der Waals surface area contributed by atoms with Crippen molar-refractivity contribution in [2.75, 3.05) is 13.1 Å². The summed E-state index contributed by atoms with van der Waals surface area (Å²) < 4.78 is 0. The van der Waals surface area contributed by atoms with E-state index in [2.05, 4.69) is 43.0 Å². The summed E-state index contributed by atoms with van der Waals surface area (Å²) in [4.78, 5) is 2.55. The van der Waals surface area contributed by atoms with E-state index < -0.39 is 0 Å². The van der Waals surface area contributed by atoms with Crippen LogP contribution < -0.4 is 5.73 Å². The van der Waals surface area contributed by atoms with Gasteiger partial charge in [0.15, 0.2) is 0 Å². The van der Waals surface area contributed by atoms with Crippen molar-refractivity contribution in [1.82, 2.24) is 4.90 Å². The van der Waals surface area contributed by atoms with Crippen LogP contribution in [0.25, 0.3) is 0 Å². The molecule has 0 aromatic heterocycles. The minimum absolute atomic E-state index is 0.560. The third kappa shape index (κ3) is 3.08. The number of benzene rings is 1. The van der Waals surface area contributed by atoms with E-state index in [9.17, 15) is 0 Å². The van der Waals surface area contributed by atoms with Crippen molar-refractivity contribution in [3.63, 3.8) is 0 Å². The van der Waals surface area contributed by atoms with Crippen molar-refractivity contribution < 1.29 is 0 Å². The summed E-state index contributed by atoms with van der Waals surface area (Å²) in [6.07, 6.45) is 2.63. The van der Waals surface area contributed by atoms with E-state index in [1.165, 1.54) is 30.5 Å². The molecule has 1 aromatic rings. The Bertz CT molecular complexity index is 344. The van der Waals surface area contributed by atoms with Crippen molar-refractivity contribution in [3.8, 4) is 0 Å². The highest BCUT2D eigenvalue weighted by molar-refractivity contribution is 5.21. The predicted molar refractivity (Wildman–Crippen MR) is 72.8 cm³/mol. The molecule has 1 fully saturated rings. The quantitative estimate of drug-likeness (QED) is 0.868.